The number of rotatable bonds is 6. The zero-order valence-electron chi connectivity index (χ0n) is 11.7. The van der Waals surface area contributed by atoms with E-state index >= 15 is 0 Å². The number of halogens is 1. The molecule has 4 nitrogen and oxygen atoms in total. The van der Waals surface area contributed by atoms with Crippen LogP contribution in [0.3, 0.4) is 0 Å². The van der Waals surface area contributed by atoms with Gasteiger partial charge in [-0.1, -0.05) is 31.5 Å². The first-order valence-corrected chi connectivity index (χ1v) is 6.77. The Hall–Kier alpha value is -1.42. The fourth-order valence-electron chi connectivity index (χ4n) is 1.53. The number of aliphatic imine (C=N–C) groups is 1. The van der Waals surface area contributed by atoms with Crippen LogP contribution in [-0.4, -0.2) is 19.6 Å². The quantitative estimate of drug-likeness (QED) is 0.623. The Bertz CT molecular complexity index is 433. The summed E-state index contributed by atoms with van der Waals surface area (Å²) >= 11 is 6.04. The molecule has 0 amide bonds. The van der Waals surface area contributed by atoms with Crippen LogP contribution in [0.2, 0.25) is 5.02 Å². The van der Waals surface area contributed by atoms with Gasteiger partial charge in [0.2, 0.25) is 0 Å². The molecule has 0 heterocycles. The van der Waals surface area contributed by atoms with Crippen LogP contribution >= 0.6 is 11.6 Å². The average Bonchev–Trinajstić information content (AvgIpc) is 2.36. The van der Waals surface area contributed by atoms with Gasteiger partial charge in [-0.15, -0.1) is 0 Å². The van der Waals surface area contributed by atoms with Crippen molar-refractivity contribution in [1.29, 1.82) is 0 Å². The van der Waals surface area contributed by atoms with Crippen molar-refractivity contribution in [2.24, 2.45) is 16.6 Å². The maximum Gasteiger partial charge on any atom is 0.188 e. The van der Waals surface area contributed by atoms with Gasteiger partial charge in [0.05, 0.1) is 18.7 Å². The lowest BCUT2D eigenvalue weighted by molar-refractivity contribution is 0.415. The molecule has 19 heavy (non-hydrogen) atoms. The van der Waals surface area contributed by atoms with Crippen LogP contribution in [0.5, 0.6) is 5.75 Å². The highest BCUT2D eigenvalue weighted by Gasteiger charge is 2.01. The van der Waals surface area contributed by atoms with E-state index in [0.29, 0.717) is 29.2 Å². The van der Waals surface area contributed by atoms with Gasteiger partial charge in [0, 0.05) is 6.54 Å². The second kappa shape index (κ2) is 7.89. The number of benzene rings is 1. The van der Waals surface area contributed by atoms with Crippen LogP contribution in [-0.2, 0) is 6.54 Å². The summed E-state index contributed by atoms with van der Waals surface area (Å²) in [4.78, 5) is 4.27. The molecule has 0 unspecified atom stereocenters. The van der Waals surface area contributed by atoms with Crippen LogP contribution in [0.15, 0.2) is 23.2 Å². The molecule has 0 saturated carbocycles. The van der Waals surface area contributed by atoms with Crippen molar-refractivity contribution >= 4 is 17.6 Å². The lowest BCUT2D eigenvalue weighted by Gasteiger charge is -2.08. The van der Waals surface area contributed by atoms with Gasteiger partial charge in [-0.25, -0.2) is 4.99 Å². The van der Waals surface area contributed by atoms with E-state index in [2.05, 4.69) is 24.2 Å². The van der Waals surface area contributed by atoms with E-state index in [1.165, 1.54) is 0 Å². The number of nitrogens with two attached hydrogens (primary N) is 1. The molecular formula is C14H22ClN3O. The number of nitrogens with one attached hydrogen (secondary N) is 1. The molecule has 1 rings (SSSR count). The smallest absolute Gasteiger partial charge is 0.188 e. The summed E-state index contributed by atoms with van der Waals surface area (Å²) < 4.78 is 5.10. The molecule has 3 N–H and O–H groups in total. The normalized spacial score (nSPS) is 11.7. The summed E-state index contributed by atoms with van der Waals surface area (Å²) in [5, 5.41) is 3.68. The predicted molar refractivity (Wildman–Crippen MR) is 80.8 cm³/mol. The maximum atomic E-state index is 6.04. The van der Waals surface area contributed by atoms with Crippen LogP contribution in [0.1, 0.15) is 25.8 Å². The average molecular weight is 284 g/mol. The summed E-state index contributed by atoms with van der Waals surface area (Å²) in [6.07, 6.45) is 1.07. The van der Waals surface area contributed by atoms with Gasteiger partial charge in [-0.3, -0.25) is 0 Å². The number of hydrogen-bond acceptors (Lipinski definition) is 2. The van der Waals surface area contributed by atoms with Crippen LogP contribution in [0.4, 0.5) is 0 Å². The summed E-state index contributed by atoms with van der Waals surface area (Å²) in [5.74, 6) is 1.78. The van der Waals surface area contributed by atoms with Gasteiger partial charge in [0.1, 0.15) is 5.75 Å². The molecule has 0 fully saturated rings. The van der Waals surface area contributed by atoms with E-state index in [-0.39, 0.29) is 0 Å². The van der Waals surface area contributed by atoms with Gasteiger partial charge < -0.3 is 15.8 Å². The summed E-state index contributed by atoms with van der Waals surface area (Å²) in [6, 6.07) is 5.59. The monoisotopic (exact) mass is 283 g/mol. The van der Waals surface area contributed by atoms with Crippen LogP contribution in [0.25, 0.3) is 0 Å². The number of guanidine groups is 1. The topological polar surface area (TPSA) is 59.6 Å². The molecule has 0 saturated heterocycles. The summed E-state index contributed by atoms with van der Waals surface area (Å²) in [7, 11) is 1.59. The predicted octanol–water partition coefficient (Wildman–Crippen LogP) is 2.80. The second-order valence-corrected chi connectivity index (χ2v) is 5.19. The van der Waals surface area contributed by atoms with Crippen molar-refractivity contribution in [2.45, 2.75) is 26.8 Å². The molecule has 0 aliphatic heterocycles. The van der Waals surface area contributed by atoms with E-state index in [9.17, 15) is 0 Å². The van der Waals surface area contributed by atoms with Gasteiger partial charge in [0.25, 0.3) is 0 Å². The minimum atomic E-state index is 0.465. The standard InChI is InChI=1S/C14H22ClN3O/c1-10(2)6-7-17-14(16)18-9-11-4-5-13(19-3)12(15)8-11/h4-5,8,10H,6-7,9H2,1-3H3,(H3,16,17,18). The zero-order chi connectivity index (χ0) is 14.3. The lowest BCUT2D eigenvalue weighted by Crippen LogP contribution is -2.32. The first kappa shape index (κ1) is 15.6. The third kappa shape index (κ3) is 5.83. The highest BCUT2D eigenvalue weighted by molar-refractivity contribution is 6.32. The number of methoxy groups -OCH3 is 1. The van der Waals surface area contributed by atoms with Crippen molar-refractivity contribution in [3.63, 3.8) is 0 Å². The van der Waals surface area contributed by atoms with Crippen molar-refractivity contribution in [2.75, 3.05) is 13.7 Å². The minimum absolute atomic E-state index is 0.465. The Kier molecular flexibility index (Phi) is 6.50. The van der Waals surface area contributed by atoms with E-state index in [1.807, 2.05) is 18.2 Å². The van der Waals surface area contributed by atoms with Gasteiger partial charge in [-0.2, -0.15) is 0 Å². The zero-order valence-corrected chi connectivity index (χ0v) is 12.5. The van der Waals surface area contributed by atoms with Gasteiger partial charge >= 0.3 is 0 Å². The first-order valence-electron chi connectivity index (χ1n) is 6.39. The molecule has 1 aromatic rings. The first-order chi connectivity index (χ1) is 9.02. The van der Waals surface area contributed by atoms with Gasteiger partial charge in [-0.05, 0) is 30.0 Å². The molecule has 106 valence electrons. The highest BCUT2D eigenvalue weighted by Crippen LogP contribution is 2.25. The molecule has 5 heteroatoms. The molecule has 0 radical (unpaired) electrons. The lowest BCUT2D eigenvalue weighted by atomic mass is 10.1. The Morgan fingerprint density at radius 1 is 1.47 bits per heavy atom. The Morgan fingerprint density at radius 3 is 2.79 bits per heavy atom. The third-order valence-corrected chi connectivity index (χ3v) is 2.97. The Morgan fingerprint density at radius 2 is 2.21 bits per heavy atom. The molecule has 1 aromatic carbocycles. The minimum Gasteiger partial charge on any atom is -0.495 e. The Balaban J connectivity index is 2.48. The molecule has 0 bridgehead atoms. The molecule has 0 aromatic heterocycles. The highest BCUT2D eigenvalue weighted by atomic mass is 35.5. The number of hydrogen-bond donors (Lipinski definition) is 2. The summed E-state index contributed by atoms with van der Waals surface area (Å²) in [6.45, 7) is 5.70. The van der Waals surface area contributed by atoms with E-state index in [1.54, 1.807) is 7.11 Å². The van der Waals surface area contributed by atoms with Crippen molar-refractivity contribution < 1.29 is 4.74 Å². The molecule has 0 spiro atoms. The molecule has 0 atom stereocenters. The van der Waals surface area contributed by atoms with Crippen molar-refractivity contribution in [3.8, 4) is 5.75 Å². The van der Waals surface area contributed by atoms with Crippen molar-refractivity contribution in [3.05, 3.63) is 28.8 Å². The fraction of sp³-hybridized carbons (Fsp3) is 0.500. The number of ether oxygens (including phenoxy) is 1. The molecular weight excluding hydrogens is 262 g/mol. The third-order valence-electron chi connectivity index (χ3n) is 2.68. The molecule has 0 aliphatic rings. The van der Waals surface area contributed by atoms with Crippen LogP contribution < -0.4 is 15.8 Å². The van der Waals surface area contributed by atoms with E-state index in [0.717, 1.165) is 18.5 Å². The fourth-order valence-corrected chi connectivity index (χ4v) is 1.81. The van der Waals surface area contributed by atoms with Gasteiger partial charge in [0.15, 0.2) is 5.96 Å². The van der Waals surface area contributed by atoms with Crippen molar-refractivity contribution in [1.82, 2.24) is 5.32 Å². The summed E-state index contributed by atoms with van der Waals surface area (Å²) in [5.41, 5.74) is 6.78. The Labute approximate surface area is 120 Å². The van der Waals surface area contributed by atoms with E-state index < -0.39 is 0 Å². The second-order valence-electron chi connectivity index (χ2n) is 4.78. The molecule has 0 aliphatic carbocycles. The SMILES string of the molecule is COc1ccc(CN=C(N)NCCC(C)C)cc1Cl. The largest absolute Gasteiger partial charge is 0.495 e. The van der Waals surface area contributed by atoms with E-state index in [4.69, 9.17) is 22.1 Å². The van der Waals surface area contributed by atoms with Crippen LogP contribution in [0, 0.1) is 5.92 Å². The maximum absolute atomic E-state index is 6.04. The number of nitrogens with zero attached hydrogens (tertiary/aromatic N) is 1.